The number of hydrogen-bond acceptors (Lipinski definition) is 6. The zero-order chi connectivity index (χ0) is 14.0. The Hall–Kier alpha value is -0.760. The van der Waals surface area contributed by atoms with Crippen LogP contribution in [0.25, 0.3) is 0 Å². The molecule has 0 aliphatic heterocycles. The summed E-state index contributed by atoms with van der Waals surface area (Å²) in [6.07, 6.45) is -0.224. The molecular formula is C5H13NO9P2. The van der Waals surface area contributed by atoms with Crippen molar-refractivity contribution in [1.82, 2.24) is 0 Å². The molecule has 0 heterocycles. The van der Waals surface area contributed by atoms with Crippen LogP contribution in [0, 0.1) is 0 Å². The second-order valence-corrected chi connectivity index (χ2v) is 4.39. The minimum absolute atomic E-state index is 0.0231. The van der Waals surface area contributed by atoms with Crippen molar-refractivity contribution in [3.8, 4) is 0 Å². The predicted octanol–water partition coefficient (Wildman–Crippen LogP) is -0.970. The van der Waals surface area contributed by atoms with E-state index in [2.05, 4.69) is 4.31 Å². The molecule has 0 spiro atoms. The van der Waals surface area contributed by atoms with E-state index in [0.717, 1.165) is 0 Å². The number of rotatable bonds is 6. The second kappa shape index (κ2) is 10.4. The molecule has 0 saturated carbocycles. The first kappa shape index (κ1) is 18.6. The van der Waals surface area contributed by atoms with Crippen LogP contribution in [-0.4, -0.2) is 38.0 Å². The monoisotopic (exact) mass is 293 g/mol. The third-order valence-corrected chi connectivity index (χ3v) is 2.56. The van der Waals surface area contributed by atoms with Crippen molar-refractivity contribution in [3.63, 3.8) is 0 Å². The van der Waals surface area contributed by atoms with Gasteiger partial charge in [0, 0.05) is 6.42 Å². The molecule has 0 bridgehead atoms. The summed E-state index contributed by atoms with van der Waals surface area (Å²) in [5, 5.41) is 16.3. The summed E-state index contributed by atoms with van der Waals surface area (Å²) >= 11 is 0. The summed E-state index contributed by atoms with van der Waals surface area (Å²) in [5.41, 5.74) is 5.00. The summed E-state index contributed by atoms with van der Waals surface area (Å²) in [6, 6.07) is -1.06. The van der Waals surface area contributed by atoms with Crippen molar-refractivity contribution in [2.24, 2.45) is 5.73 Å². The zero-order valence-corrected chi connectivity index (χ0v) is 10.4. The number of carboxylic acid groups (broad SMARTS) is 2. The van der Waals surface area contributed by atoms with Gasteiger partial charge in [0.1, 0.15) is 6.04 Å². The van der Waals surface area contributed by atoms with Crippen molar-refractivity contribution < 1.29 is 43.0 Å². The van der Waals surface area contributed by atoms with E-state index in [9.17, 15) is 18.7 Å². The molecule has 0 aromatic rings. The van der Waals surface area contributed by atoms with Gasteiger partial charge in [-0.2, -0.15) is 0 Å². The fourth-order valence-corrected chi connectivity index (χ4v) is 1.07. The van der Waals surface area contributed by atoms with E-state index in [0.29, 0.717) is 0 Å². The maximum absolute atomic E-state index is 9.99. The smallest absolute Gasteiger partial charge is 0.323 e. The Morgan fingerprint density at radius 2 is 1.59 bits per heavy atom. The first-order valence-electron chi connectivity index (χ1n) is 4.00. The molecule has 0 radical (unpaired) electrons. The molecule has 2 unspecified atom stereocenters. The average molecular weight is 293 g/mol. The highest BCUT2D eigenvalue weighted by Crippen LogP contribution is 2.30. The van der Waals surface area contributed by atoms with E-state index in [-0.39, 0.29) is 12.8 Å². The standard InChI is InChI=1S/C5H9NO4.H4O5P2/c6-3(5(9)10)1-2-4(7)8;1-6(2)5-7(3)4/h3H,1-2,6H2,(H,7,8)(H,9,10);6-7H,(H,1,2)(H,3,4)/t3-;/m0./s1. The zero-order valence-electron chi connectivity index (χ0n) is 8.40. The lowest BCUT2D eigenvalue weighted by atomic mass is 10.2. The molecule has 0 aliphatic rings. The number of carbonyl (C=O) groups is 2. The quantitative estimate of drug-likeness (QED) is 0.381. The SMILES string of the molecule is N[C@@H](CCC(=O)O)C(=O)O.O=[PH](O)O[PH](=O)O. The van der Waals surface area contributed by atoms with Crippen molar-refractivity contribution >= 4 is 28.4 Å². The molecule has 0 aliphatic carbocycles. The van der Waals surface area contributed by atoms with E-state index in [1.54, 1.807) is 0 Å². The second-order valence-electron chi connectivity index (χ2n) is 2.51. The minimum Gasteiger partial charge on any atom is -0.481 e. The molecule has 3 atom stereocenters. The van der Waals surface area contributed by atoms with Gasteiger partial charge < -0.3 is 25.7 Å². The summed E-state index contributed by atoms with van der Waals surface area (Å²) in [7, 11) is -6.40. The Morgan fingerprint density at radius 3 is 1.76 bits per heavy atom. The molecule has 10 nitrogen and oxygen atoms in total. The van der Waals surface area contributed by atoms with Gasteiger partial charge in [-0.25, -0.2) is 4.31 Å². The topological polar surface area (TPSA) is 184 Å². The highest BCUT2D eigenvalue weighted by atomic mass is 31.2. The first-order chi connectivity index (χ1) is 7.66. The molecular weight excluding hydrogens is 280 g/mol. The lowest BCUT2D eigenvalue weighted by molar-refractivity contribution is -0.139. The average Bonchev–Trinajstić information content (AvgIpc) is 2.12. The Balaban J connectivity index is 0. The Kier molecular flexibility index (Phi) is 11.4. The van der Waals surface area contributed by atoms with Gasteiger partial charge in [0.05, 0.1) is 0 Å². The van der Waals surface area contributed by atoms with E-state index in [1.165, 1.54) is 0 Å². The van der Waals surface area contributed by atoms with Crippen LogP contribution in [0.1, 0.15) is 12.8 Å². The van der Waals surface area contributed by atoms with Gasteiger partial charge in [0.2, 0.25) is 0 Å². The van der Waals surface area contributed by atoms with Gasteiger partial charge in [0.15, 0.2) is 0 Å². The molecule has 0 fully saturated rings. The lowest BCUT2D eigenvalue weighted by Crippen LogP contribution is -2.30. The maximum Gasteiger partial charge on any atom is 0.323 e. The molecule has 102 valence electrons. The predicted molar refractivity (Wildman–Crippen MR) is 56.0 cm³/mol. The fraction of sp³-hybridized carbons (Fsp3) is 0.600. The van der Waals surface area contributed by atoms with E-state index in [4.69, 9.17) is 25.7 Å². The normalized spacial score (nSPS) is 15.0. The lowest BCUT2D eigenvalue weighted by Gasteiger charge is -2.01. The van der Waals surface area contributed by atoms with E-state index < -0.39 is 34.5 Å². The van der Waals surface area contributed by atoms with E-state index >= 15 is 0 Å². The van der Waals surface area contributed by atoms with E-state index in [1.807, 2.05) is 0 Å². The molecule has 17 heavy (non-hydrogen) atoms. The van der Waals surface area contributed by atoms with Crippen LogP contribution >= 0.6 is 16.5 Å². The summed E-state index contributed by atoms with van der Waals surface area (Å²) in [6.45, 7) is 0. The van der Waals surface area contributed by atoms with Gasteiger partial charge in [-0.3, -0.25) is 18.7 Å². The number of aliphatic carboxylic acids is 2. The van der Waals surface area contributed by atoms with Gasteiger partial charge in [0.25, 0.3) is 0 Å². The molecule has 0 amide bonds. The molecule has 6 N–H and O–H groups in total. The molecule has 0 aromatic carbocycles. The van der Waals surface area contributed by atoms with Gasteiger partial charge in [-0.05, 0) is 6.42 Å². The Labute approximate surface area is 96.9 Å². The summed E-state index contributed by atoms with van der Waals surface area (Å²) in [4.78, 5) is 35.3. The highest BCUT2D eigenvalue weighted by molar-refractivity contribution is 7.46. The van der Waals surface area contributed by atoms with Gasteiger partial charge >= 0.3 is 28.4 Å². The van der Waals surface area contributed by atoms with Crippen molar-refractivity contribution in [2.75, 3.05) is 0 Å². The summed E-state index contributed by atoms with van der Waals surface area (Å²) < 4.78 is 22.3. The van der Waals surface area contributed by atoms with Gasteiger partial charge in [-0.1, -0.05) is 0 Å². The van der Waals surface area contributed by atoms with Crippen LogP contribution in [-0.2, 0) is 23.0 Å². The number of carboxylic acids is 2. The third kappa shape index (κ3) is 17.8. The molecule has 0 aromatic heterocycles. The Bertz CT molecular complexity index is 294. The van der Waals surface area contributed by atoms with Crippen LogP contribution < -0.4 is 5.73 Å². The van der Waals surface area contributed by atoms with Crippen molar-refractivity contribution in [2.45, 2.75) is 18.9 Å². The fourth-order valence-electron chi connectivity index (χ4n) is 0.477. The van der Waals surface area contributed by atoms with Crippen LogP contribution in [0.2, 0.25) is 0 Å². The van der Waals surface area contributed by atoms with Gasteiger partial charge in [-0.15, -0.1) is 0 Å². The van der Waals surface area contributed by atoms with Crippen LogP contribution in [0.5, 0.6) is 0 Å². The van der Waals surface area contributed by atoms with Crippen LogP contribution in [0.4, 0.5) is 0 Å². The number of hydrogen-bond donors (Lipinski definition) is 5. The Morgan fingerprint density at radius 1 is 1.18 bits per heavy atom. The van der Waals surface area contributed by atoms with Crippen LogP contribution in [0.15, 0.2) is 0 Å². The minimum atomic E-state index is -3.20. The van der Waals surface area contributed by atoms with Crippen molar-refractivity contribution in [1.29, 1.82) is 0 Å². The first-order valence-corrected chi connectivity index (χ1v) is 6.53. The molecule has 0 rings (SSSR count). The third-order valence-electron chi connectivity index (χ3n) is 1.16. The molecule has 0 saturated heterocycles. The maximum atomic E-state index is 9.99. The highest BCUT2D eigenvalue weighted by Gasteiger charge is 2.12. The summed E-state index contributed by atoms with van der Waals surface area (Å²) in [5.74, 6) is -2.20. The van der Waals surface area contributed by atoms with Crippen LogP contribution in [0.3, 0.4) is 0 Å². The largest absolute Gasteiger partial charge is 0.481 e. The molecule has 12 heteroatoms. The number of nitrogens with two attached hydrogens (primary N) is 1. The van der Waals surface area contributed by atoms with Crippen molar-refractivity contribution in [3.05, 3.63) is 0 Å².